The first-order valence-corrected chi connectivity index (χ1v) is 5.75. The number of carboxylic acid groups (broad SMARTS) is 1. The topological polar surface area (TPSA) is 76.0 Å². The van der Waals surface area contributed by atoms with E-state index in [2.05, 4.69) is 15.9 Å². The van der Waals surface area contributed by atoms with Gasteiger partial charge < -0.3 is 19.7 Å². The molecule has 0 bridgehead atoms. The fraction of sp³-hybridized carbons (Fsp3) is 0.364. The van der Waals surface area contributed by atoms with Gasteiger partial charge in [-0.3, -0.25) is 0 Å². The zero-order valence-electron chi connectivity index (χ0n) is 9.99. The number of benzene rings is 1. The molecule has 1 atom stereocenters. The molecule has 0 aromatic heterocycles. The molecule has 2 N–H and O–H groups in total. The Hall–Kier alpha value is -1.41. The zero-order valence-corrected chi connectivity index (χ0v) is 11.6. The van der Waals surface area contributed by atoms with Crippen molar-refractivity contribution >= 4 is 21.9 Å². The number of ether oxygens (including phenoxy) is 2. The number of carboxylic acids is 1. The molecular weight excluding hydrogens is 330 g/mol. The van der Waals surface area contributed by atoms with E-state index in [9.17, 15) is 18.7 Å². The molecule has 1 rings (SSSR count). The summed E-state index contributed by atoms with van der Waals surface area (Å²) < 4.78 is 36.5. The lowest BCUT2D eigenvalue weighted by Crippen LogP contribution is -2.35. The zero-order chi connectivity index (χ0) is 14.8. The van der Waals surface area contributed by atoms with E-state index in [1.165, 1.54) is 20.3 Å². The molecule has 8 heteroatoms. The molecule has 0 saturated heterocycles. The molecule has 0 heterocycles. The molecule has 0 spiro atoms. The molecule has 0 fully saturated rings. The van der Waals surface area contributed by atoms with E-state index in [0.717, 1.165) is 6.07 Å². The highest BCUT2D eigenvalue weighted by Gasteiger charge is 2.48. The van der Waals surface area contributed by atoms with Crippen LogP contribution in [0.2, 0.25) is 0 Å². The van der Waals surface area contributed by atoms with Gasteiger partial charge in [0.15, 0.2) is 17.6 Å². The Morgan fingerprint density at radius 2 is 1.79 bits per heavy atom. The van der Waals surface area contributed by atoms with E-state index in [1.807, 2.05) is 0 Å². The number of halogens is 3. The Morgan fingerprint density at radius 1 is 1.32 bits per heavy atom. The van der Waals surface area contributed by atoms with Gasteiger partial charge in [0.05, 0.1) is 14.2 Å². The second-order valence-electron chi connectivity index (χ2n) is 3.56. The van der Waals surface area contributed by atoms with E-state index in [-0.39, 0.29) is 21.5 Å². The van der Waals surface area contributed by atoms with Crippen LogP contribution in [0.1, 0.15) is 11.7 Å². The number of aliphatic hydroxyl groups excluding tert-OH is 1. The number of methoxy groups -OCH3 is 2. The molecule has 19 heavy (non-hydrogen) atoms. The normalized spacial score (nSPS) is 12.9. The lowest BCUT2D eigenvalue weighted by Gasteiger charge is -2.21. The molecule has 0 aliphatic carbocycles. The number of hydrogen-bond acceptors (Lipinski definition) is 4. The Morgan fingerprint density at radius 3 is 2.21 bits per heavy atom. The maximum Gasteiger partial charge on any atom is 0.377 e. The lowest BCUT2D eigenvalue weighted by molar-refractivity contribution is -0.183. The third-order valence-corrected chi connectivity index (χ3v) is 3.11. The van der Waals surface area contributed by atoms with Crippen LogP contribution in [-0.2, 0) is 4.79 Å². The largest absolute Gasteiger partial charge is 0.493 e. The average molecular weight is 341 g/mol. The van der Waals surface area contributed by atoms with Crippen LogP contribution >= 0.6 is 15.9 Å². The quantitative estimate of drug-likeness (QED) is 0.859. The minimum Gasteiger partial charge on any atom is -0.493 e. The Bertz CT molecular complexity index is 492. The number of carbonyl (C=O) groups is 1. The van der Waals surface area contributed by atoms with Crippen molar-refractivity contribution in [2.45, 2.75) is 12.0 Å². The predicted molar refractivity (Wildman–Crippen MR) is 64.8 cm³/mol. The Labute approximate surface area is 115 Å². The van der Waals surface area contributed by atoms with Gasteiger partial charge in [0.2, 0.25) is 0 Å². The fourth-order valence-electron chi connectivity index (χ4n) is 1.39. The molecule has 0 amide bonds. The number of aliphatic carboxylic acids is 1. The average Bonchev–Trinajstić information content (AvgIpc) is 2.37. The summed E-state index contributed by atoms with van der Waals surface area (Å²) in [6, 6.07) is 2.39. The smallest absolute Gasteiger partial charge is 0.377 e. The molecule has 1 unspecified atom stereocenters. The van der Waals surface area contributed by atoms with Crippen molar-refractivity contribution < 1.29 is 33.3 Å². The van der Waals surface area contributed by atoms with Crippen molar-refractivity contribution in [3.63, 3.8) is 0 Å². The summed E-state index contributed by atoms with van der Waals surface area (Å²) in [6.07, 6.45) is -2.51. The summed E-state index contributed by atoms with van der Waals surface area (Å²) in [5, 5.41) is 17.9. The second kappa shape index (κ2) is 5.70. The fourth-order valence-corrected chi connectivity index (χ4v) is 1.93. The van der Waals surface area contributed by atoms with Crippen molar-refractivity contribution in [2.75, 3.05) is 14.2 Å². The summed E-state index contributed by atoms with van der Waals surface area (Å²) in [6.45, 7) is 0. The Balaban J connectivity index is 3.31. The minimum absolute atomic E-state index is 0.0820. The van der Waals surface area contributed by atoms with Gasteiger partial charge in [0, 0.05) is 10.0 Å². The van der Waals surface area contributed by atoms with Crippen LogP contribution in [0.25, 0.3) is 0 Å². The highest BCUT2D eigenvalue weighted by Crippen LogP contribution is 2.40. The number of hydrogen-bond donors (Lipinski definition) is 2. The summed E-state index contributed by atoms with van der Waals surface area (Å²) >= 11 is 2.97. The van der Waals surface area contributed by atoms with E-state index >= 15 is 0 Å². The van der Waals surface area contributed by atoms with Gasteiger partial charge in [-0.15, -0.1) is 0 Å². The molecule has 0 radical (unpaired) electrons. The molecule has 5 nitrogen and oxygen atoms in total. The first-order chi connectivity index (χ1) is 8.75. The third kappa shape index (κ3) is 2.95. The van der Waals surface area contributed by atoms with E-state index in [1.54, 1.807) is 0 Å². The predicted octanol–water partition coefficient (Wildman–Crippen LogP) is 2.22. The lowest BCUT2D eigenvalue weighted by atomic mass is 10.0. The molecule has 1 aromatic rings. The standard InChI is InChI=1S/C11H11BrF2O5/c1-18-7-3-5(6(12)4-8(7)19-2)9(15)11(13,14)10(16)17/h3-4,9,15H,1-2H3,(H,16,17). The van der Waals surface area contributed by atoms with Crippen molar-refractivity contribution in [3.8, 4) is 11.5 Å². The van der Waals surface area contributed by atoms with Gasteiger partial charge in [-0.25, -0.2) is 4.79 Å². The SMILES string of the molecule is COc1cc(Br)c(C(O)C(F)(F)C(=O)O)cc1OC. The van der Waals surface area contributed by atoms with E-state index in [4.69, 9.17) is 14.6 Å². The summed E-state index contributed by atoms with van der Waals surface area (Å²) in [7, 11) is 2.64. The van der Waals surface area contributed by atoms with E-state index in [0.29, 0.717) is 0 Å². The molecule has 0 saturated carbocycles. The molecule has 0 aliphatic heterocycles. The number of aliphatic hydroxyl groups is 1. The molecule has 1 aromatic carbocycles. The van der Waals surface area contributed by atoms with Gasteiger partial charge >= 0.3 is 11.9 Å². The molecule has 106 valence electrons. The van der Waals surface area contributed by atoms with Crippen LogP contribution in [-0.4, -0.2) is 36.3 Å². The van der Waals surface area contributed by atoms with Crippen molar-refractivity contribution in [3.05, 3.63) is 22.2 Å². The van der Waals surface area contributed by atoms with Crippen LogP contribution in [0.15, 0.2) is 16.6 Å². The maximum atomic E-state index is 13.3. The van der Waals surface area contributed by atoms with Gasteiger partial charge in [0.25, 0.3) is 0 Å². The van der Waals surface area contributed by atoms with Crippen molar-refractivity contribution in [2.24, 2.45) is 0 Å². The highest BCUT2D eigenvalue weighted by atomic mass is 79.9. The minimum atomic E-state index is -4.32. The maximum absolute atomic E-state index is 13.3. The van der Waals surface area contributed by atoms with Crippen LogP contribution in [0, 0.1) is 0 Å². The monoisotopic (exact) mass is 340 g/mol. The van der Waals surface area contributed by atoms with Crippen LogP contribution < -0.4 is 9.47 Å². The van der Waals surface area contributed by atoms with Crippen molar-refractivity contribution in [1.82, 2.24) is 0 Å². The van der Waals surface area contributed by atoms with Crippen LogP contribution in [0.3, 0.4) is 0 Å². The first kappa shape index (κ1) is 15.6. The van der Waals surface area contributed by atoms with Crippen molar-refractivity contribution in [1.29, 1.82) is 0 Å². The summed E-state index contributed by atoms with van der Waals surface area (Å²) in [5.74, 6) is -6.38. The van der Waals surface area contributed by atoms with Crippen LogP contribution in [0.4, 0.5) is 8.78 Å². The Kier molecular flexibility index (Phi) is 4.70. The van der Waals surface area contributed by atoms with Crippen LogP contribution in [0.5, 0.6) is 11.5 Å². The second-order valence-corrected chi connectivity index (χ2v) is 4.41. The van der Waals surface area contributed by atoms with E-state index < -0.39 is 18.0 Å². The van der Waals surface area contributed by atoms with Gasteiger partial charge in [0.1, 0.15) is 0 Å². The first-order valence-electron chi connectivity index (χ1n) is 4.96. The molecule has 0 aliphatic rings. The van der Waals surface area contributed by atoms with Gasteiger partial charge in [-0.2, -0.15) is 8.78 Å². The van der Waals surface area contributed by atoms with Gasteiger partial charge in [-0.1, -0.05) is 15.9 Å². The van der Waals surface area contributed by atoms with Gasteiger partial charge in [-0.05, 0) is 12.1 Å². The summed E-state index contributed by atoms with van der Waals surface area (Å²) in [4.78, 5) is 10.4. The molecular formula is C11H11BrF2O5. The summed E-state index contributed by atoms with van der Waals surface area (Å²) in [5.41, 5.74) is -0.315. The third-order valence-electron chi connectivity index (χ3n) is 2.43. The highest BCUT2D eigenvalue weighted by molar-refractivity contribution is 9.10. The number of rotatable bonds is 5. The number of alkyl halides is 2.